The molecule has 0 spiro atoms. The quantitative estimate of drug-likeness (QED) is 0.752. The molecule has 0 heterocycles. The SMILES string of the molecule is COc1ccc(NC(=O)c2cc(N)cc(Br)c2)cc1O. The highest BCUT2D eigenvalue weighted by Gasteiger charge is 2.09. The zero-order chi connectivity index (χ0) is 14.7. The largest absolute Gasteiger partial charge is 0.504 e. The number of rotatable bonds is 3. The minimum absolute atomic E-state index is 0.0425. The van der Waals surface area contributed by atoms with Gasteiger partial charge in [0.1, 0.15) is 0 Å². The van der Waals surface area contributed by atoms with Gasteiger partial charge in [0.25, 0.3) is 5.91 Å². The Morgan fingerprint density at radius 3 is 2.65 bits per heavy atom. The summed E-state index contributed by atoms with van der Waals surface area (Å²) in [4.78, 5) is 12.1. The van der Waals surface area contributed by atoms with Crippen LogP contribution in [0.3, 0.4) is 0 Å². The maximum absolute atomic E-state index is 12.1. The number of nitrogens with two attached hydrogens (primary N) is 1. The molecule has 0 atom stereocenters. The Labute approximate surface area is 124 Å². The number of benzene rings is 2. The van der Waals surface area contributed by atoms with Gasteiger partial charge >= 0.3 is 0 Å². The van der Waals surface area contributed by atoms with Crippen molar-refractivity contribution in [3.63, 3.8) is 0 Å². The average molecular weight is 337 g/mol. The summed E-state index contributed by atoms with van der Waals surface area (Å²) in [5.41, 5.74) is 7.06. The van der Waals surface area contributed by atoms with Crippen molar-refractivity contribution in [2.24, 2.45) is 0 Å². The van der Waals surface area contributed by atoms with Crippen molar-refractivity contribution in [2.45, 2.75) is 0 Å². The number of methoxy groups -OCH3 is 1. The van der Waals surface area contributed by atoms with Crippen molar-refractivity contribution in [3.05, 3.63) is 46.4 Å². The molecule has 2 aromatic carbocycles. The molecule has 2 aromatic rings. The van der Waals surface area contributed by atoms with Gasteiger partial charge in [-0.3, -0.25) is 4.79 Å². The first-order chi connectivity index (χ1) is 9.49. The second-order valence-electron chi connectivity index (χ2n) is 4.11. The topological polar surface area (TPSA) is 84.6 Å². The minimum atomic E-state index is -0.317. The molecule has 0 aromatic heterocycles. The van der Waals surface area contributed by atoms with E-state index in [2.05, 4.69) is 21.2 Å². The Hall–Kier alpha value is -2.21. The highest BCUT2D eigenvalue weighted by molar-refractivity contribution is 9.10. The predicted octanol–water partition coefficient (Wildman–Crippen LogP) is 3.00. The number of hydrogen-bond donors (Lipinski definition) is 3. The summed E-state index contributed by atoms with van der Waals surface area (Å²) in [6, 6.07) is 9.56. The van der Waals surface area contributed by atoms with E-state index in [1.165, 1.54) is 13.2 Å². The Morgan fingerprint density at radius 2 is 2.05 bits per heavy atom. The highest BCUT2D eigenvalue weighted by atomic mass is 79.9. The molecule has 0 aliphatic carbocycles. The number of carbonyl (C=O) groups is 1. The van der Waals surface area contributed by atoms with Crippen LogP contribution in [0.4, 0.5) is 11.4 Å². The van der Waals surface area contributed by atoms with Gasteiger partial charge in [-0.1, -0.05) is 15.9 Å². The molecule has 0 bridgehead atoms. The van der Waals surface area contributed by atoms with Crippen molar-refractivity contribution < 1.29 is 14.6 Å². The van der Waals surface area contributed by atoms with Gasteiger partial charge in [0.15, 0.2) is 11.5 Å². The lowest BCUT2D eigenvalue weighted by Crippen LogP contribution is -2.12. The predicted molar refractivity (Wildman–Crippen MR) is 81.2 cm³/mol. The molecule has 0 aliphatic heterocycles. The molecule has 0 fully saturated rings. The van der Waals surface area contributed by atoms with Gasteiger partial charge in [-0.15, -0.1) is 0 Å². The second-order valence-corrected chi connectivity index (χ2v) is 5.03. The molecule has 0 aliphatic rings. The van der Waals surface area contributed by atoms with E-state index < -0.39 is 0 Å². The maximum Gasteiger partial charge on any atom is 0.255 e. The van der Waals surface area contributed by atoms with Gasteiger partial charge in [-0.2, -0.15) is 0 Å². The normalized spacial score (nSPS) is 10.1. The summed E-state index contributed by atoms with van der Waals surface area (Å²) in [5, 5.41) is 12.3. The van der Waals surface area contributed by atoms with E-state index in [4.69, 9.17) is 10.5 Å². The first-order valence-electron chi connectivity index (χ1n) is 5.74. The van der Waals surface area contributed by atoms with Gasteiger partial charge in [0.2, 0.25) is 0 Å². The molecule has 20 heavy (non-hydrogen) atoms. The molecule has 2 rings (SSSR count). The van der Waals surface area contributed by atoms with Gasteiger partial charge in [0, 0.05) is 27.5 Å². The fourth-order valence-electron chi connectivity index (χ4n) is 1.71. The monoisotopic (exact) mass is 336 g/mol. The molecule has 0 saturated carbocycles. The third-order valence-electron chi connectivity index (χ3n) is 2.62. The number of phenols is 1. The molecule has 0 radical (unpaired) electrons. The summed E-state index contributed by atoms with van der Waals surface area (Å²) in [6.45, 7) is 0. The van der Waals surface area contributed by atoms with Crippen molar-refractivity contribution in [3.8, 4) is 11.5 Å². The third-order valence-corrected chi connectivity index (χ3v) is 3.08. The lowest BCUT2D eigenvalue weighted by molar-refractivity contribution is 0.102. The number of aromatic hydroxyl groups is 1. The summed E-state index contributed by atoms with van der Waals surface area (Å²) in [7, 11) is 1.46. The third kappa shape index (κ3) is 3.21. The summed E-state index contributed by atoms with van der Waals surface area (Å²) in [6.07, 6.45) is 0. The van der Waals surface area contributed by atoms with Gasteiger partial charge in [0.05, 0.1) is 7.11 Å². The fraction of sp³-hybridized carbons (Fsp3) is 0.0714. The molecular weight excluding hydrogens is 324 g/mol. The number of halogens is 1. The van der Waals surface area contributed by atoms with E-state index in [-0.39, 0.29) is 11.7 Å². The Kier molecular flexibility index (Phi) is 4.14. The van der Waals surface area contributed by atoms with Crippen LogP contribution in [0.5, 0.6) is 11.5 Å². The van der Waals surface area contributed by atoms with Crippen LogP contribution in [0.1, 0.15) is 10.4 Å². The van der Waals surface area contributed by atoms with Crippen LogP contribution >= 0.6 is 15.9 Å². The van der Waals surface area contributed by atoms with Crippen LogP contribution in [0.15, 0.2) is 40.9 Å². The molecule has 5 nitrogen and oxygen atoms in total. The van der Waals surface area contributed by atoms with Crippen LogP contribution in [0.25, 0.3) is 0 Å². The average Bonchev–Trinajstić information content (AvgIpc) is 2.37. The van der Waals surface area contributed by atoms with E-state index in [9.17, 15) is 9.90 Å². The fourth-order valence-corrected chi connectivity index (χ4v) is 2.23. The lowest BCUT2D eigenvalue weighted by Gasteiger charge is -2.09. The number of hydrogen-bond acceptors (Lipinski definition) is 4. The zero-order valence-corrected chi connectivity index (χ0v) is 12.3. The number of phenolic OH excluding ortho intramolecular Hbond substituents is 1. The van der Waals surface area contributed by atoms with E-state index >= 15 is 0 Å². The molecule has 6 heteroatoms. The van der Waals surface area contributed by atoms with Crippen LogP contribution in [0.2, 0.25) is 0 Å². The minimum Gasteiger partial charge on any atom is -0.504 e. The summed E-state index contributed by atoms with van der Waals surface area (Å²) >= 11 is 3.28. The van der Waals surface area contributed by atoms with Crippen LogP contribution in [-0.2, 0) is 0 Å². The number of nitrogen functional groups attached to an aromatic ring is 1. The number of amides is 1. The van der Waals surface area contributed by atoms with Crippen LogP contribution in [-0.4, -0.2) is 18.1 Å². The van der Waals surface area contributed by atoms with Crippen LogP contribution in [0, 0.1) is 0 Å². The Bertz CT molecular complexity index is 639. The second kappa shape index (κ2) is 5.83. The standard InChI is InChI=1S/C14H13BrN2O3/c1-20-13-3-2-11(7-12(13)18)17-14(19)8-4-9(15)6-10(16)5-8/h2-7,18H,16H2,1H3,(H,17,19). The smallest absolute Gasteiger partial charge is 0.255 e. The summed E-state index contributed by atoms with van der Waals surface area (Å²) < 4.78 is 5.66. The first-order valence-corrected chi connectivity index (χ1v) is 6.53. The molecule has 0 unspecified atom stereocenters. The van der Waals surface area contributed by atoms with Crippen molar-refractivity contribution in [2.75, 3.05) is 18.2 Å². The molecule has 0 saturated heterocycles. The number of ether oxygens (including phenoxy) is 1. The van der Waals surface area contributed by atoms with E-state index in [0.717, 1.165) is 4.47 Å². The molecule has 4 N–H and O–H groups in total. The van der Waals surface area contributed by atoms with E-state index in [1.807, 2.05) is 0 Å². The van der Waals surface area contributed by atoms with Crippen molar-refractivity contribution in [1.29, 1.82) is 0 Å². The number of nitrogens with one attached hydrogen (secondary N) is 1. The van der Waals surface area contributed by atoms with Crippen molar-refractivity contribution in [1.82, 2.24) is 0 Å². The van der Waals surface area contributed by atoms with Gasteiger partial charge < -0.3 is 20.9 Å². The first kappa shape index (κ1) is 14.2. The van der Waals surface area contributed by atoms with Gasteiger partial charge in [-0.05, 0) is 30.3 Å². The zero-order valence-electron chi connectivity index (χ0n) is 10.7. The van der Waals surface area contributed by atoms with Gasteiger partial charge in [-0.25, -0.2) is 0 Å². The molecule has 104 valence electrons. The number of anilines is 2. The van der Waals surface area contributed by atoms with E-state index in [1.54, 1.807) is 30.3 Å². The summed E-state index contributed by atoms with van der Waals surface area (Å²) in [5.74, 6) is -0.0173. The maximum atomic E-state index is 12.1. The van der Waals surface area contributed by atoms with E-state index in [0.29, 0.717) is 22.7 Å². The Balaban J connectivity index is 2.21. The van der Waals surface area contributed by atoms with Crippen molar-refractivity contribution >= 4 is 33.2 Å². The lowest BCUT2D eigenvalue weighted by atomic mass is 10.2. The van der Waals surface area contributed by atoms with Crippen LogP contribution < -0.4 is 15.8 Å². The number of carbonyl (C=O) groups excluding carboxylic acids is 1. The molecular formula is C14H13BrN2O3. The highest BCUT2D eigenvalue weighted by Crippen LogP contribution is 2.29. The molecule has 1 amide bonds. The Morgan fingerprint density at radius 1 is 1.30 bits per heavy atom.